The molecule has 0 saturated carbocycles. The van der Waals surface area contributed by atoms with E-state index in [1.165, 1.54) is 0 Å². The predicted molar refractivity (Wildman–Crippen MR) is 65.4 cm³/mol. The molecule has 5 nitrogen and oxygen atoms in total. The minimum atomic E-state index is 0.133. The van der Waals surface area contributed by atoms with Gasteiger partial charge in [0.1, 0.15) is 0 Å². The highest BCUT2D eigenvalue weighted by atomic mass is 16.1. The number of piperidine rings is 1. The summed E-state index contributed by atoms with van der Waals surface area (Å²) >= 11 is 0. The zero-order valence-electron chi connectivity index (χ0n) is 10.2. The molecule has 17 heavy (non-hydrogen) atoms. The van der Waals surface area contributed by atoms with Crippen molar-refractivity contribution in [2.24, 2.45) is 5.92 Å². The second-order valence-electron chi connectivity index (χ2n) is 4.68. The molecular formula is C12H20N4O. The number of hydrogen-bond acceptors (Lipinski definition) is 3. The maximum atomic E-state index is 11.9. The van der Waals surface area contributed by atoms with Crippen LogP contribution in [0.25, 0.3) is 0 Å². The first-order valence-corrected chi connectivity index (χ1v) is 6.22. The first kappa shape index (κ1) is 12.1. The zero-order valence-corrected chi connectivity index (χ0v) is 10.2. The molecule has 0 aliphatic carbocycles. The van der Waals surface area contributed by atoms with E-state index in [1.54, 1.807) is 12.5 Å². The number of nitrogens with zero attached hydrogens (tertiary/aromatic N) is 2. The van der Waals surface area contributed by atoms with E-state index in [4.69, 9.17) is 0 Å². The molecule has 94 valence electrons. The second-order valence-corrected chi connectivity index (χ2v) is 4.68. The van der Waals surface area contributed by atoms with Gasteiger partial charge < -0.3 is 15.2 Å². The molecule has 1 saturated heterocycles. The van der Waals surface area contributed by atoms with Gasteiger partial charge in [-0.3, -0.25) is 4.79 Å². The lowest BCUT2D eigenvalue weighted by atomic mass is 9.95. The molecule has 5 heteroatoms. The minimum Gasteiger partial charge on any atom is -0.354 e. The van der Waals surface area contributed by atoms with Crippen molar-refractivity contribution in [2.75, 3.05) is 13.1 Å². The molecule has 0 radical (unpaired) electrons. The van der Waals surface area contributed by atoms with E-state index < -0.39 is 0 Å². The van der Waals surface area contributed by atoms with E-state index in [0.29, 0.717) is 12.6 Å². The van der Waals surface area contributed by atoms with Crippen LogP contribution in [0.15, 0.2) is 18.7 Å². The fourth-order valence-electron chi connectivity index (χ4n) is 2.09. The number of carbonyl (C=O) groups excluding carboxylic acids is 1. The summed E-state index contributed by atoms with van der Waals surface area (Å²) in [6.07, 6.45) is 7.48. The Kier molecular flexibility index (Phi) is 4.14. The zero-order chi connectivity index (χ0) is 12.1. The summed E-state index contributed by atoms with van der Waals surface area (Å²) in [5.74, 6) is 0.304. The number of nitrogens with one attached hydrogen (secondary N) is 2. The highest BCUT2D eigenvalue weighted by molar-refractivity contribution is 5.78. The van der Waals surface area contributed by atoms with Gasteiger partial charge in [0.15, 0.2) is 0 Å². The Morgan fingerprint density at radius 2 is 2.47 bits per heavy atom. The van der Waals surface area contributed by atoms with E-state index in [1.807, 2.05) is 10.8 Å². The van der Waals surface area contributed by atoms with Crippen molar-refractivity contribution < 1.29 is 4.79 Å². The standard InChI is InChI=1S/C12H20N4O/c1-10-2-3-11(8-15-10)12(17)14-5-7-16-6-4-13-9-16/h4,6,9-11,15H,2-3,5,7-8H2,1H3,(H,14,17). The van der Waals surface area contributed by atoms with Crippen molar-refractivity contribution in [2.45, 2.75) is 32.4 Å². The van der Waals surface area contributed by atoms with Gasteiger partial charge in [-0.2, -0.15) is 0 Å². The summed E-state index contributed by atoms with van der Waals surface area (Å²) in [6.45, 7) is 4.41. The van der Waals surface area contributed by atoms with Crippen molar-refractivity contribution >= 4 is 5.91 Å². The Balaban J connectivity index is 1.67. The van der Waals surface area contributed by atoms with Gasteiger partial charge in [-0.1, -0.05) is 0 Å². The monoisotopic (exact) mass is 236 g/mol. The summed E-state index contributed by atoms with van der Waals surface area (Å²) in [5.41, 5.74) is 0. The van der Waals surface area contributed by atoms with Crippen LogP contribution >= 0.6 is 0 Å². The normalized spacial score (nSPS) is 24.5. The summed E-state index contributed by atoms with van der Waals surface area (Å²) in [4.78, 5) is 15.8. The lowest BCUT2D eigenvalue weighted by Crippen LogP contribution is -2.44. The van der Waals surface area contributed by atoms with Gasteiger partial charge in [0.2, 0.25) is 5.91 Å². The quantitative estimate of drug-likeness (QED) is 0.795. The third-order valence-electron chi connectivity index (χ3n) is 3.26. The first-order valence-electron chi connectivity index (χ1n) is 6.22. The van der Waals surface area contributed by atoms with Gasteiger partial charge >= 0.3 is 0 Å². The molecule has 1 aromatic heterocycles. The van der Waals surface area contributed by atoms with Crippen LogP contribution < -0.4 is 10.6 Å². The summed E-state index contributed by atoms with van der Waals surface area (Å²) in [6, 6.07) is 0.546. The number of imidazole rings is 1. The van der Waals surface area contributed by atoms with E-state index in [0.717, 1.165) is 25.9 Å². The molecule has 0 spiro atoms. The van der Waals surface area contributed by atoms with Gasteiger partial charge in [-0.25, -0.2) is 4.98 Å². The maximum absolute atomic E-state index is 11.9. The number of carbonyl (C=O) groups is 1. The van der Waals surface area contributed by atoms with Crippen LogP contribution in [-0.4, -0.2) is 34.6 Å². The van der Waals surface area contributed by atoms with Crippen molar-refractivity contribution in [3.8, 4) is 0 Å². The predicted octanol–water partition coefficient (Wildman–Crippen LogP) is 0.387. The summed E-state index contributed by atoms with van der Waals surface area (Å²) < 4.78 is 1.96. The topological polar surface area (TPSA) is 59.0 Å². The SMILES string of the molecule is CC1CCC(C(=O)NCCn2ccnc2)CN1. The molecule has 2 unspecified atom stereocenters. The van der Waals surface area contributed by atoms with Crippen molar-refractivity contribution in [1.29, 1.82) is 0 Å². The average Bonchev–Trinajstić information content (AvgIpc) is 2.83. The lowest BCUT2D eigenvalue weighted by Gasteiger charge is -2.26. The molecule has 0 aromatic carbocycles. The lowest BCUT2D eigenvalue weighted by molar-refractivity contribution is -0.125. The minimum absolute atomic E-state index is 0.133. The van der Waals surface area contributed by atoms with Gasteiger partial charge in [0, 0.05) is 38.1 Å². The fraction of sp³-hybridized carbons (Fsp3) is 0.667. The highest BCUT2D eigenvalue weighted by Gasteiger charge is 2.23. The van der Waals surface area contributed by atoms with Gasteiger partial charge in [0.05, 0.1) is 12.2 Å². The van der Waals surface area contributed by atoms with Crippen LogP contribution in [0, 0.1) is 5.92 Å². The Bertz CT molecular complexity index is 341. The summed E-state index contributed by atoms with van der Waals surface area (Å²) in [5, 5.41) is 6.32. The molecule has 1 aliphatic rings. The van der Waals surface area contributed by atoms with E-state index in [9.17, 15) is 4.79 Å². The second kappa shape index (κ2) is 5.82. The molecule has 2 rings (SSSR count). The maximum Gasteiger partial charge on any atom is 0.224 e. The molecule has 2 N–H and O–H groups in total. The molecule has 1 fully saturated rings. The van der Waals surface area contributed by atoms with Crippen LogP contribution in [0.5, 0.6) is 0 Å². The Labute approximate surface area is 102 Å². The number of rotatable bonds is 4. The Morgan fingerprint density at radius 1 is 1.59 bits per heavy atom. The van der Waals surface area contributed by atoms with Crippen molar-refractivity contribution in [3.05, 3.63) is 18.7 Å². The molecule has 2 atom stereocenters. The highest BCUT2D eigenvalue weighted by Crippen LogP contribution is 2.13. The van der Waals surface area contributed by atoms with Gasteiger partial charge in [-0.15, -0.1) is 0 Å². The first-order chi connectivity index (χ1) is 8.25. The van der Waals surface area contributed by atoms with Crippen molar-refractivity contribution in [1.82, 2.24) is 20.2 Å². The number of amides is 1. The third kappa shape index (κ3) is 3.56. The third-order valence-corrected chi connectivity index (χ3v) is 3.26. The van der Waals surface area contributed by atoms with E-state index in [2.05, 4.69) is 22.5 Å². The largest absolute Gasteiger partial charge is 0.354 e. The van der Waals surface area contributed by atoms with Crippen LogP contribution in [0.3, 0.4) is 0 Å². The molecular weight excluding hydrogens is 216 g/mol. The van der Waals surface area contributed by atoms with E-state index in [-0.39, 0.29) is 11.8 Å². The smallest absolute Gasteiger partial charge is 0.224 e. The van der Waals surface area contributed by atoms with Crippen LogP contribution in [0.4, 0.5) is 0 Å². The molecule has 2 heterocycles. The number of aromatic nitrogens is 2. The van der Waals surface area contributed by atoms with Crippen LogP contribution in [0.1, 0.15) is 19.8 Å². The van der Waals surface area contributed by atoms with Crippen LogP contribution in [-0.2, 0) is 11.3 Å². The molecule has 1 aliphatic heterocycles. The summed E-state index contributed by atoms with van der Waals surface area (Å²) in [7, 11) is 0. The van der Waals surface area contributed by atoms with Crippen molar-refractivity contribution in [3.63, 3.8) is 0 Å². The van der Waals surface area contributed by atoms with Crippen LogP contribution in [0.2, 0.25) is 0 Å². The molecule has 0 bridgehead atoms. The van der Waals surface area contributed by atoms with Gasteiger partial charge in [-0.05, 0) is 19.8 Å². The van der Waals surface area contributed by atoms with E-state index >= 15 is 0 Å². The molecule has 1 amide bonds. The van der Waals surface area contributed by atoms with Gasteiger partial charge in [0.25, 0.3) is 0 Å². The molecule has 1 aromatic rings. The number of hydrogen-bond donors (Lipinski definition) is 2. The Morgan fingerprint density at radius 3 is 3.12 bits per heavy atom. The average molecular weight is 236 g/mol. The fourth-order valence-corrected chi connectivity index (χ4v) is 2.09. The Hall–Kier alpha value is -1.36.